The Labute approximate surface area is 61.2 Å². The summed E-state index contributed by atoms with van der Waals surface area (Å²) < 4.78 is 4.90. The first-order valence-electron chi connectivity index (χ1n) is 3.38. The van der Waals surface area contributed by atoms with Crippen LogP contribution in [0.4, 0.5) is 0 Å². The summed E-state index contributed by atoms with van der Waals surface area (Å²) in [7, 11) is 1.71. The van der Waals surface area contributed by atoms with Crippen molar-refractivity contribution in [2.75, 3.05) is 13.7 Å². The number of aromatic amines is 1. The molecule has 1 rings (SSSR count). The van der Waals surface area contributed by atoms with Crippen molar-refractivity contribution in [1.29, 1.82) is 0 Å². The highest BCUT2D eigenvalue weighted by molar-refractivity contribution is 5.17. The molecule has 55 valence electrons. The molecular formula is C8H12NO. The van der Waals surface area contributed by atoms with E-state index in [9.17, 15) is 0 Å². The van der Waals surface area contributed by atoms with E-state index in [-0.39, 0.29) is 0 Å². The average molecular weight is 138 g/mol. The first-order chi connectivity index (χ1) is 4.93. The average Bonchev–Trinajstić information content (AvgIpc) is 2.41. The van der Waals surface area contributed by atoms with Gasteiger partial charge in [-0.2, -0.15) is 0 Å². The Bertz CT molecular complexity index is 158. The van der Waals surface area contributed by atoms with Crippen LogP contribution in [0.2, 0.25) is 0 Å². The molecule has 0 unspecified atom stereocenters. The van der Waals surface area contributed by atoms with Gasteiger partial charge in [0.1, 0.15) is 0 Å². The minimum atomic E-state index is 0.797. The molecule has 0 atom stereocenters. The van der Waals surface area contributed by atoms with Crippen molar-refractivity contribution in [2.45, 2.75) is 6.42 Å². The van der Waals surface area contributed by atoms with Gasteiger partial charge in [0.25, 0.3) is 0 Å². The summed E-state index contributed by atoms with van der Waals surface area (Å²) in [5.74, 6) is 0. The zero-order valence-electron chi connectivity index (χ0n) is 6.13. The van der Waals surface area contributed by atoms with Gasteiger partial charge in [-0.3, -0.25) is 0 Å². The van der Waals surface area contributed by atoms with Crippen LogP contribution in [0.5, 0.6) is 0 Å². The molecule has 0 aliphatic carbocycles. The number of hydrogen-bond donors (Lipinski definition) is 1. The molecule has 10 heavy (non-hydrogen) atoms. The summed E-state index contributed by atoms with van der Waals surface area (Å²) in [5, 5.41) is 0. The fourth-order valence-corrected chi connectivity index (χ4v) is 0.807. The first-order valence-corrected chi connectivity index (χ1v) is 3.38. The SMILES string of the molecule is COCC[CH]c1cc[nH]c1. The van der Waals surface area contributed by atoms with Gasteiger partial charge in [0.2, 0.25) is 0 Å². The van der Waals surface area contributed by atoms with Crippen molar-refractivity contribution in [2.24, 2.45) is 0 Å². The predicted molar refractivity (Wildman–Crippen MR) is 40.7 cm³/mol. The van der Waals surface area contributed by atoms with E-state index >= 15 is 0 Å². The normalized spacial score (nSPS) is 10.1. The molecule has 1 N–H and O–H groups in total. The molecule has 0 aliphatic rings. The van der Waals surface area contributed by atoms with E-state index < -0.39 is 0 Å². The van der Waals surface area contributed by atoms with Gasteiger partial charge in [-0.15, -0.1) is 0 Å². The number of H-pyrrole nitrogens is 1. The summed E-state index contributed by atoms with van der Waals surface area (Å²) >= 11 is 0. The number of nitrogens with one attached hydrogen (secondary N) is 1. The first kappa shape index (κ1) is 7.35. The Hall–Kier alpha value is -0.760. The number of rotatable bonds is 4. The van der Waals surface area contributed by atoms with Gasteiger partial charge in [-0.05, 0) is 24.5 Å². The quantitative estimate of drug-likeness (QED) is 0.628. The summed E-state index contributed by atoms with van der Waals surface area (Å²) in [4.78, 5) is 2.98. The fourth-order valence-electron chi connectivity index (χ4n) is 0.807. The molecule has 0 aromatic carbocycles. The van der Waals surface area contributed by atoms with Crippen molar-refractivity contribution in [1.82, 2.24) is 4.98 Å². The summed E-state index contributed by atoms with van der Waals surface area (Å²) in [5.41, 5.74) is 1.23. The van der Waals surface area contributed by atoms with Crippen molar-refractivity contribution < 1.29 is 4.74 Å². The van der Waals surface area contributed by atoms with Gasteiger partial charge in [-0.1, -0.05) is 0 Å². The van der Waals surface area contributed by atoms with Crippen LogP contribution < -0.4 is 0 Å². The molecule has 0 fully saturated rings. The largest absolute Gasteiger partial charge is 0.385 e. The van der Waals surface area contributed by atoms with Gasteiger partial charge < -0.3 is 9.72 Å². The molecule has 0 bridgehead atoms. The van der Waals surface area contributed by atoms with Gasteiger partial charge in [0.15, 0.2) is 0 Å². The number of aromatic nitrogens is 1. The lowest BCUT2D eigenvalue weighted by Crippen LogP contribution is -1.88. The zero-order valence-corrected chi connectivity index (χ0v) is 6.13. The van der Waals surface area contributed by atoms with E-state index in [0.717, 1.165) is 13.0 Å². The van der Waals surface area contributed by atoms with Crippen LogP contribution >= 0.6 is 0 Å². The predicted octanol–water partition coefficient (Wildman–Crippen LogP) is 1.60. The molecule has 0 aliphatic heterocycles. The van der Waals surface area contributed by atoms with Gasteiger partial charge >= 0.3 is 0 Å². The maximum absolute atomic E-state index is 4.90. The summed E-state index contributed by atoms with van der Waals surface area (Å²) in [6.07, 6.45) is 7.00. The lowest BCUT2D eigenvalue weighted by Gasteiger charge is -1.94. The molecule has 1 heterocycles. The monoisotopic (exact) mass is 138 g/mol. The minimum Gasteiger partial charge on any atom is -0.385 e. The Morgan fingerprint density at radius 1 is 1.70 bits per heavy atom. The Balaban J connectivity index is 2.15. The van der Waals surface area contributed by atoms with Crippen LogP contribution in [-0.2, 0) is 4.74 Å². The third-order valence-electron chi connectivity index (χ3n) is 1.32. The second-order valence-corrected chi connectivity index (χ2v) is 2.13. The number of ether oxygens (including phenoxy) is 1. The van der Waals surface area contributed by atoms with Crippen molar-refractivity contribution in [3.8, 4) is 0 Å². The third-order valence-corrected chi connectivity index (χ3v) is 1.32. The molecule has 1 radical (unpaired) electrons. The molecule has 0 amide bonds. The maximum atomic E-state index is 4.90. The molecule has 0 saturated carbocycles. The lowest BCUT2D eigenvalue weighted by atomic mass is 10.2. The van der Waals surface area contributed by atoms with Crippen LogP contribution in [0, 0.1) is 6.42 Å². The highest BCUT2D eigenvalue weighted by atomic mass is 16.5. The molecular weight excluding hydrogens is 126 g/mol. The van der Waals surface area contributed by atoms with E-state index in [0.29, 0.717) is 0 Å². The summed E-state index contributed by atoms with van der Waals surface area (Å²) in [6, 6.07) is 2.04. The van der Waals surface area contributed by atoms with E-state index in [1.807, 2.05) is 18.5 Å². The minimum absolute atomic E-state index is 0.797. The van der Waals surface area contributed by atoms with E-state index in [2.05, 4.69) is 11.4 Å². The van der Waals surface area contributed by atoms with E-state index in [4.69, 9.17) is 4.74 Å². The van der Waals surface area contributed by atoms with Crippen LogP contribution in [0.3, 0.4) is 0 Å². The van der Waals surface area contributed by atoms with E-state index in [1.54, 1.807) is 7.11 Å². The topological polar surface area (TPSA) is 25.0 Å². The van der Waals surface area contributed by atoms with Crippen LogP contribution in [0.25, 0.3) is 0 Å². The smallest absolute Gasteiger partial charge is 0.0468 e. The lowest BCUT2D eigenvalue weighted by molar-refractivity contribution is 0.202. The third kappa shape index (κ3) is 2.23. The summed E-state index contributed by atoms with van der Waals surface area (Å²) in [6.45, 7) is 0.797. The highest BCUT2D eigenvalue weighted by Gasteiger charge is 1.91. The second kappa shape index (κ2) is 4.12. The number of hydrogen-bond acceptors (Lipinski definition) is 1. The molecule has 0 saturated heterocycles. The van der Waals surface area contributed by atoms with Crippen molar-refractivity contribution in [3.05, 3.63) is 30.4 Å². The van der Waals surface area contributed by atoms with Crippen LogP contribution in [0.1, 0.15) is 12.0 Å². The molecule has 2 heteroatoms. The van der Waals surface area contributed by atoms with Gasteiger partial charge in [0.05, 0.1) is 0 Å². The van der Waals surface area contributed by atoms with E-state index in [1.165, 1.54) is 5.56 Å². The van der Waals surface area contributed by atoms with Crippen molar-refractivity contribution >= 4 is 0 Å². The van der Waals surface area contributed by atoms with Crippen LogP contribution in [-0.4, -0.2) is 18.7 Å². The van der Waals surface area contributed by atoms with Gasteiger partial charge in [0, 0.05) is 26.1 Å². The van der Waals surface area contributed by atoms with Crippen molar-refractivity contribution in [3.63, 3.8) is 0 Å². The highest BCUT2D eigenvalue weighted by Crippen LogP contribution is 2.02. The molecule has 1 aromatic heterocycles. The molecule has 1 aromatic rings. The Morgan fingerprint density at radius 3 is 3.20 bits per heavy atom. The fraction of sp³-hybridized carbons (Fsp3) is 0.375. The van der Waals surface area contributed by atoms with Crippen LogP contribution in [0.15, 0.2) is 18.5 Å². The maximum Gasteiger partial charge on any atom is 0.0468 e. The van der Waals surface area contributed by atoms with Gasteiger partial charge in [-0.25, -0.2) is 0 Å². The number of methoxy groups -OCH3 is 1. The molecule has 0 spiro atoms. The molecule has 2 nitrogen and oxygen atoms in total. The zero-order chi connectivity index (χ0) is 7.23. The standard InChI is InChI=1S/C8H12NO/c1-10-6-2-3-8-4-5-9-7-8/h3-5,7,9H,2,6H2,1H3. The second-order valence-electron chi connectivity index (χ2n) is 2.13. The Morgan fingerprint density at radius 2 is 2.60 bits per heavy atom. The Kier molecular flexibility index (Phi) is 3.03.